The average molecular weight is 663 g/mol. The molecule has 5 aromatic rings. The van der Waals surface area contributed by atoms with Crippen molar-refractivity contribution in [3.63, 3.8) is 0 Å². The van der Waals surface area contributed by atoms with Crippen molar-refractivity contribution < 1.29 is 28.2 Å². The number of nitrogens with zero attached hydrogens (tertiary/aromatic N) is 2. The van der Waals surface area contributed by atoms with E-state index in [9.17, 15) is 14.4 Å². The number of thiazole rings is 1. The van der Waals surface area contributed by atoms with Gasteiger partial charge in [0.1, 0.15) is 17.3 Å². The monoisotopic (exact) mass is 662 g/mol. The molecule has 1 aliphatic rings. The topological polar surface area (TPSA) is 109 Å². The first kappa shape index (κ1) is 32.5. The van der Waals surface area contributed by atoms with Crippen molar-refractivity contribution in [2.45, 2.75) is 39.8 Å². The second-order valence-corrected chi connectivity index (χ2v) is 12.4. The Morgan fingerprint density at radius 3 is 2.48 bits per heavy atom. The number of fused-ring (bicyclic) bond motifs is 1. The van der Waals surface area contributed by atoms with E-state index >= 15 is 0 Å². The highest BCUT2D eigenvalue weighted by Gasteiger charge is 2.35. The van der Waals surface area contributed by atoms with Crippen LogP contribution in [-0.2, 0) is 14.3 Å². The molecule has 0 bridgehead atoms. The number of furan rings is 1. The van der Waals surface area contributed by atoms with E-state index in [2.05, 4.69) is 0 Å². The molecule has 1 aliphatic heterocycles. The number of hydrogen-bond acceptors (Lipinski definition) is 9. The molecule has 2 aromatic heterocycles. The quantitative estimate of drug-likeness (QED) is 0.176. The summed E-state index contributed by atoms with van der Waals surface area (Å²) in [5.74, 6) is 0.605. The van der Waals surface area contributed by atoms with E-state index in [1.165, 1.54) is 15.9 Å². The molecular formula is C38H34N2O7S. The fourth-order valence-corrected chi connectivity index (χ4v) is 6.54. The average Bonchev–Trinajstić information content (AvgIpc) is 3.68. The predicted octanol–water partition coefficient (Wildman–Crippen LogP) is 6.08. The minimum Gasteiger partial charge on any atom is -0.496 e. The molecule has 0 aliphatic carbocycles. The highest BCUT2D eigenvalue weighted by Crippen LogP contribution is 2.37. The van der Waals surface area contributed by atoms with Crippen LogP contribution in [0, 0.1) is 6.92 Å². The normalized spacial score (nSPS) is 14.5. The third kappa shape index (κ3) is 6.39. The molecule has 0 saturated carbocycles. The maximum atomic E-state index is 14.3. The lowest BCUT2D eigenvalue weighted by Crippen LogP contribution is -2.40. The van der Waals surface area contributed by atoms with Gasteiger partial charge in [-0.2, -0.15) is 0 Å². The van der Waals surface area contributed by atoms with Crippen molar-refractivity contribution >= 4 is 35.0 Å². The number of benzene rings is 3. The summed E-state index contributed by atoms with van der Waals surface area (Å²) in [5.41, 5.74) is 3.75. The van der Waals surface area contributed by atoms with E-state index in [0.717, 1.165) is 11.1 Å². The first-order valence-electron chi connectivity index (χ1n) is 15.5. The van der Waals surface area contributed by atoms with Crippen molar-refractivity contribution in [1.29, 1.82) is 0 Å². The van der Waals surface area contributed by atoms with Gasteiger partial charge in [0, 0.05) is 17.2 Å². The zero-order valence-electron chi connectivity index (χ0n) is 27.2. The molecule has 9 nitrogen and oxygen atoms in total. The van der Waals surface area contributed by atoms with Gasteiger partial charge in [0.25, 0.3) is 5.56 Å². The molecular weight excluding hydrogens is 628 g/mol. The molecule has 0 spiro atoms. The Balaban J connectivity index is 1.50. The maximum Gasteiger partial charge on any atom is 0.338 e. The number of aromatic nitrogens is 1. The second kappa shape index (κ2) is 13.7. The van der Waals surface area contributed by atoms with Gasteiger partial charge in [-0.3, -0.25) is 9.36 Å². The molecule has 0 radical (unpaired) electrons. The van der Waals surface area contributed by atoms with E-state index < -0.39 is 18.0 Å². The Morgan fingerprint density at radius 2 is 1.75 bits per heavy atom. The van der Waals surface area contributed by atoms with Gasteiger partial charge >= 0.3 is 11.9 Å². The molecule has 0 amide bonds. The zero-order chi connectivity index (χ0) is 33.9. The summed E-state index contributed by atoms with van der Waals surface area (Å²) in [6.45, 7) is 7.42. The lowest BCUT2D eigenvalue weighted by molar-refractivity contribution is -0.138. The standard InChI is InChI=1S/C38H34N2O7S/c1-6-45-37(43)32-33(24-11-8-7-9-12-24)39-38-40(34(32)26-16-15-23(4)30(20-26)44-5)35(41)31(48-38)21-28-17-18-29(47-28)25-13-10-14-27(19-25)36(42)46-22(2)3/h7-22,34H,6H2,1-5H3/b31-21+/t34-/m0/s1. The number of carbonyl (C=O) groups is 2. The minimum absolute atomic E-state index is 0.154. The maximum absolute atomic E-state index is 14.3. The highest BCUT2D eigenvalue weighted by atomic mass is 32.1. The van der Waals surface area contributed by atoms with Gasteiger partial charge < -0.3 is 18.6 Å². The molecule has 0 unspecified atom stereocenters. The van der Waals surface area contributed by atoms with Crippen LogP contribution in [0.25, 0.3) is 23.1 Å². The Hall–Kier alpha value is -5.48. The van der Waals surface area contributed by atoms with Crippen LogP contribution in [-0.4, -0.2) is 36.3 Å². The summed E-state index contributed by atoms with van der Waals surface area (Å²) in [6.07, 6.45) is 1.42. The predicted molar refractivity (Wildman–Crippen MR) is 183 cm³/mol. The van der Waals surface area contributed by atoms with Crippen LogP contribution in [0.2, 0.25) is 0 Å². The van der Waals surface area contributed by atoms with Crippen LogP contribution < -0.4 is 19.6 Å². The van der Waals surface area contributed by atoms with Crippen LogP contribution >= 0.6 is 11.3 Å². The van der Waals surface area contributed by atoms with Gasteiger partial charge in [-0.05, 0) is 69.2 Å². The summed E-state index contributed by atoms with van der Waals surface area (Å²) < 4.78 is 24.6. The molecule has 3 heterocycles. The fraction of sp³-hybridized carbons (Fsp3) is 0.211. The summed E-state index contributed by atoms with van der Waals surface area (Å²) >= 11 is 1.20. The molecule has 10 heteroatoms. The van der Waals surface area contributed by atoms with Gasteiger partial charge in [-0.25, -0.2) is 14.6 Å². The van der Waals surface area contributed by atoms with Gasteiger partial charge in [0.15, 0.2) is 4.80 Å². The number of esters is 2. The van der Waals surface area contributed by atoms with E-state index in [1.807, 2.05) is 61.5 Å². The molecule has 0 N–H and O–H groups in total. The van der Waals surface area contributed by atoms with E-state index in [1.54, 1.807) is 64.3 Å². The minimum atomic E-state index is -0.840. The van der Waals surface area contributed by atoms with Gasteiger partial charge in [0.05, 0.1) is 47.2 Å². The number of ether oxygens (including phenoxy) is 3. The van der Waals surface area contributed by atoms with Crippen molar-refractivity contribution in [2.24, 2.45) is 4.99 Å². The van der Waals surface area contributed by atoms with Crippen LogP contribution in [0.4, 0.5) is 0 Å². The second-order valence-electron chi connectivity index (χ2n) is 11.4. The zero-order valence-corrected chi connectivity index (χ0v) is 28.0. The number of rotatable bonds is 9. The Morgan fingerprint density at radius 1 is 0.979 bits per heavy atom. The Kier molecular flexibility index (Phi) is 9.27. The molecule has 0 fully saturated rings. The van der Waals surface area contributed by atoms with E-state index in [0.29, 0.717) is 49.0 Å². The van der Waals surface area contributed by atoms with Crippen LogP contribution in [0.5, 0.6) is 5.75 Å². The largest absolute Gasteiger partial charge is 0.496 e. The highest BCUT2D eigenvalue weighted by molar-refractivity contribution is 7.07. The smallest absolute Gasteiger partial charge is 0.338 e. The Labute approximate surface area is 281 Å². The third-order valence-electron chi connectivity index (χ3n) is 7.75. The first-order valence-corrected chi connectivity index (χ1v) is 16.3. The summed E-state index contributed by atoms with van der Waals surface area (Å²) in [6, 6.07) is 24.7. The SMILES string of the molecule is CCOC(=O)C1=C(c2ccccc2)N=c2s/c(=C/c3ccc(-c4cccc(C(=O)OC(C)C)c4)o3)c(=O)n2[C@H]1c1ccc(C)c(OC)c1. The summed E-state index contributed by atoms with van der Waals surface area (Å²) in [4.78, 5) is 45.8. The number of hydrogen-bond donors (Lipinski definition) is 0. The fourth-order valence-electron chi connectivity index (χ4n) is 5.56. The van der Waals surface area contributed by atoms with Crippen LogP contribution in [0.1, 0.15) is 59.6 Å². The summed E-state index contributed by atoms with van der Waals surface area (Å²) in [7, 11) is 1.58. The van der Waals surface area contributed by atoms with Crippen molar-refractivity contribution in [3.05, 3.63) is 138 Å². The first-order chi connectivity index (χ1) is 23.2. The molecule has 48 heavy (non-hydrogen) atoms. The Bertz CT molecular complexity index is 2220. The molecule has 3 aromatic carbocycles. The van der Waals surface area contributed by atoms with Crippen molar-refractivity contribution in [2.75, 3.05) is 13.7 Å². The van der Waals surface area contributed by atoms with Gasteiger partial charge in [-0.15, -0.1) is 0 Å². The van der Waals surface area contributed by atoms with Crippen LogP contribution in [0.15, 0.2) is 105 Å². The molecule has 1 atom stereocenters. The number of aryl methyl sites for hydroxylation is 1. The number of carbonyl (C=O) groups excluding carboxylic acids is 2. The lowest BCUT2D eigenvalue weighted by atomic mass is 9.92. The molecule has 6 rings (SSSR count). The summed E-state index contributed by atoms with van der Waals surface area (Å²) in [5, 5.41) is 0. The number of methoxy groups -OCH3 is 1. The molecule has 244 valence electrons. The van der Waals surface area contributed by atoms with E-state index in [-0.39, 0.29) is 23.8 Å². The van der Waals surface area contributed by atoms with Crippen molar-refractivity contribution in [3.8, 4) is 17.1 Å². The third-order valence-corrected chi connectivity index (χ3v) is 8.73. The van der Waals surface area contributed by atoms with Crippen molar-refractivity contribution in [1.82, 2.24) is 4.57 Å². The van der Waals surface area contributed by atoms with Gasteiger partial charge in [-0.1, -0.05) is 65.9 Å². The molecule has 0 saturated heterocycles. The van der Waals surface area contributed by atoms with Gasteiger partial charge in [0.2, 0.25) is 0 Å². The van der Waals surface area contributed by atoms with E-state index in [4.69, 9.17) is 23.6 Å². The lowest BCUT2D eigenvalue weighted by Gasteiger charge is -2.26. The van der Waals surface area contributed by atoms with Crippen LogP contribution in [0.3, 0.4) is 0 Å².